The molecule has 1 fully saturated rings. The molecule has 0 saturated heterocycles. The van der Waals surface area contributed by atoms with Crippen molar-refractivity contribution in [1.29, 1.82) is 0 Å². The standard InChI is InChI=1S/C9H16N2O3/c1-11(6-8(12)14-2)9(13)10-7-4-3-5-7/h7H,3-6H2,1-2H3,(H,10,13). The van der Waals surface area contributed by atoms with Crippen LogP contribution in [0.5, 0.6) is 0 Å². The minimum absolute atomic E-state index is 0.00491. The van der Waals surface area contributed by atoms with Gasteiger partial charge in [-0.3, -0.25) is 4.79 Å². The van der Waals surface area contributed by atoms with Crippen molar-refractivity contribution in [2.45, 2.75) is 25.3 Å². The molecule has 0 atom stereocenters. The topological polar surface area (TPSA) is 58.6 Å². The Hall–Kier alpha value is -1.26. The van der Waals surface area contributed by atoms with Gasteiger partial charge in [0.25, 0.3) is 0 Å². The third kappa shape index (κ3) is 2.90. The number of carbonyl (C=O) groups excluding carboxylic acids is 2. The molecule has 0 aromatic rings. The lowest BCUT2D eigenvalue weighted by molar-refractivity contribution is -0.141. The van der Waals surface area contributed by atoms with Crippen molar-refractivity contribution in [2.24, 2.45) is 0 Å². The molecule has 1 rings (SSSR count). The third-order valence-electron chi connectivity index (χ3n) is 2.37. The molecule has 5 heteroatoms. The van der Waals surface area contributed by atoms with Gasteiger partial charge in [-0.05, 0) is 19.3 Å². The molecule has 0 aromatic carbocycles. The number of rotatable bonds is 3. The van der Waals surface area contributed by atoms with Crippen LogP contribution < -0.4 is 5.32 Å². The fourth-order valence-corrected chi connectivity index (χ4v) is 1.17. The second kappa shape index (κ2) is 4.83. The summed E-state index contributed by atoms with van der Waals surface area (Å²) in [4.78, 5) is 23.6. The predicted octanol–water partition coefficient (Wildman–Crippen LogP) is 0.353. The Kier molecular flexibility index (Phi) is 3.73. The largest absolute Gasteiger partial charge is 0.468 e. The SMILES string of the molecule is COC(=O)CN(C)C(=O)NC1CCC1. The summed E-state index contributed by atoms with van der Waals surface area (Å²) >= 11 is 0. The molecule has 0 heterocycles. The first-order valence-electron chi connectivity index (χ1n) is 4.72. The molecule has 0 bridgehead atoms. The number of nitrogens with zero attached hydrogens (tertiary/aromatic N) is 1. The number of urea groups is 1. The van der Waals surface area contributed by atoms with Crippen LogP contribution in [0.2, 0.25) is 0 Å². The van der Waals surface area contributed by atoms with E-state index < -0.39 is 5.97 Å². The lowest BCUT2D eigenvalue weighted by Gasteiger charge is -2.28. The molecule has 1 saturated carbocycles. The van der Waals surface area contributed by atoms with E-state index in [9.17, 15) is 9.59 Å². The van der Waals surface area contributed by atoms with Crippen LogP contribution in [0.1, 0.15) is 19.3 Å². The summed E-state index contributed by atoms with van der Waals surface area (Å²) in [5.41, 5.74) is 0. The molecule has 0 aromatic heterocycles. The maximum atomic E-state index is 11.4. The van der Waals surface area contributed by atoms with Gasteiger partial charge in [0.1, 0.15) is 6.54 Å². The number of methoxy groups -OCH3 is 1. The van der Waals surface area contributed by atoms with E-state index in [4.69, 9.17) is 0 Å². The average molecular weight is 200 g/mol. The van der Waals surface area contributed by atoms with Crippen molar-refractivity contribution in [2.75, 3.05) is 20.7 Å². The smallest absolute Gasteiger partial charge is 0.325 e. The summed E-state index contributed by atoms with van der Waals surface area (Å²) in [5, 5.41) is 2.82. The van der Waals surface area contributed by atoms with E-state index in [1.165, 1.54) is 18.4 Å². The Bertz CT molecular complexity index is 226. The first-order valence-corrected chi connectivity index (χ1v) is 4.72. The van der Waals surface area contributed by atoms with Gasteiger partial charge in [0.05, 0.1) is 7.11 Å². The lowest BCUT2D eigenvalue weighted by atomic mass is 9.93. The van der Waals surface area contributed by atoms with Crippen molar-refractivity contribution < 1.29 is 14.3 Å². The number of nitrogens with one attached hydrogen (secondary N) is 1. The van der Waals surface area contributed by atoms with Crippen LogP contribution in [0.4, 0.5) is 4.79 Å². The molecule has 0 radical (unpaired) electrons. The van der Waals surface area contributed by atoms with Crippen molar-refractivity contribution in [1.82, 2.24) is 10.2 Å². The molecule has 0 unspecified atom stereocenters. The van der Waals surface area contributed by atoms with E-state index in [0.29, 0.717) is 6.04 Å². The molecule has 80 valence electrons. The fraction of sp³-hybridized carbons (Fsp3) is 0.778. The Labute approximate surface area is 83.4 Å². The van der Waals surface area contributed by atoms with Crippen molar-refractivity contribution in [3.8, 4) is 0 Å². The molecule has 5 nitrogen and oxygen atoms in total. The molecule has 2 amide bonds. The lowest BCUT2D eigenvalue weighted by Crippen LogP contribution is -2.47. The Balaban J connectivity index is 2.24. The maximum absolute atomic E-state index is 11.4. The number of likely N-dealkylation sites (N-methyl/N-ethyl adjacent to an activating group) is 1. The number of amides is 2. The molecule has 14 heavy (non-hydrogen) atoms. The molecule has 1 aliphatic rings. The summed E-state index contributed by atoms with van der Waals surface area (Å²) in [5.74, 6) is -0.406. The molecule has 1 N–H and O–H groups in total. The van der Waals surface area contributed by atoms with E-state index in [2.05, 4.69) is 10.1 Å². The Morgan fingerprint density at radius 2 is 2.14 bits per heavy atom. The molecular weight excluding hydrogens is 184 g/mol. The van der Waals surface area contributed by atoms with E-state index >= 15 is 0 Å². The van der Waals surface area contributed by atoms with Gasteiger partial charge < -0.3 is 15.0 Å². The Morgan fingerprint density at radius 1 is 1.50 bits per heavy atom. The van der Waals surface area contributed by atoms with Gasteiger partial charge in [-0.25, -0.2) is 4.79 Å². The van der Waals surface area contributed by atoms with Gasteiger partial charge in [-0.1, -0.05) is 0 Å². The third-order valence-corrected chi connectivity index (χ3v) is 2.37. The van der Waals surface area contributed by atoms with Crippen LogP contribution in [-0.4, -0.2) is 43.6 Å². The maximum Gasteiger partial charge on any atom is 0.325 e. The summed E-state index contributed by atoms with van der Waals surface area (Å²) in [6.45, 7) is -0.00491. The van der Waals surface area contributed by atoms with Crippen LogP contribution in [0.15, 0.2) is 0 Å². The minimum Gasteiger partial charge on any atom is -0.468 e. The van der Waals surface area contributed by atoms with Crippen molar-refractivity contribution in [3.05, 3.63) is 0 Å². The predicted molar refractivity (Wildman–Crippen MR) is 50.8 cm³/mol. The van der Waals surface area contributed by atoms with Gasteiger partial charge >= 0.3 is 12.0 Å². The fourth-order valence-electron chi connectivity index (χ4n) is 1.17. The van der Waals surface area contributed by atoms with Gasteiger partial charge in [0.15, 0.2) is 0 Å². The highest BCUT2D eigenvalue weighted by atomic mass is 16.5. The number of esters is 1. The van der Waals surface area contributed by atoms with E-state index in [-0.39, 0.29) is 12.6 Å². The van der Waals surface area contributed by atoms with E-state index in [1.807, 2.05) is 0 Å². The van der Waals surface area contributed by atoms with Crippen LogP contribution in [0.25, 0.3) is 0 Å². The number of carbonyl (C=O) groups is 2. The Morgan fingerprint density at radius 3 is 2.57 bits per heavy atom. The van der Waals surface area contributed by atoms with E-state index in [1.54, 1.807) is 7.05 Å². The van der Waals surface area contributed by atoms with Crippen LogP contribution >= 0.6 is 0 Å². The van der Waals surface area contributed by atoms with E-state index in [0.717, 1.165) is 12.8 Å². The van der Waals surface area contributed by atoms with Crippen molar-refractivity contribution >= 4 is 12.0 Å². The highest BCUT2D eigenvalue weighted by Gasteiger charge is 2.21. The number of ether oxygens (including phenoxy) is 1. The molecule has 1 aliphatic carbocycles. The van der Waals surface area contributed by atoms with Gasteiger partial charge in [0, 0.05) is 13.1 Å². The second-order valence-corrected chi connectivity index (χ2v) is 3.51. The summed E-state index contributed by atoms with van der Waals surface area (Å²) in [7, 11) is 2.88. The van der Waals surface area contributed by atoms with Crippen LogP contribution in [0.3, 0.4) is 0 Å². The van der Waals surface area contributed by atoms with Crippen LogP contribution in [0, 0.1) is 0 Å². The van der Waals surface area contributed by atoms with Gasteiger partial charge in [-0.2, -0.15) is 0 Å². The zero-order chi connectivity index (χ0) is 10.6. The quantitative estimate of drug-likeness (QED) is 0.669. The number of hydrogen-bond donors (Lipinski definition) is 1. The molecule has 0 spiro atoms. The normalized spacial score (nSPS) is 15.6. The second-order valence-electron chi connectivity index (χ2n) is 3.51. The summed E-state index contributed by atoms with van der Waals surface area (Å²) in [6.07, 6.45) is 3.25. The van der Waals surface area contributed by atoms with Gasteiger partial charge in [0.2, 0.25) is 0 Å². The monoisotopic (exact) mass is 200 g/mol. The summed E-state index contributed by atoms with van der Waals surface area (Å²) in [6, 6.07) is 0.0858. The van der Waals surface area contributed by atoms with Crippen molar-refractivity contribution in [3.63, 3.8) is 0 Å². The zero-order valence-electron chi connectivity index (χ0n) is 8.58. The van der Waals surface area contributed by atoms with Crippen LogP contribution in [-0.2, 0) is 9.53 Å². The first-order chi connectivity index (χ1) is 6.63. The highest BCUT2D eigenvalue weighted by molar-refractivity contribution is 5.80. The average Bonchev–Trinajstić information content (AvgIpc) is 2.10. The zero-order valence-corrected chi connectivity index (χ0v) is 8.58. The summed E-state index contributed by atoms with van der Waals surface area (Å²) < 4.78 is 4.46. The molecular formula is C9H16N2O3. The highest BCUT2D eigenvalue weighted by Crippen LogP contribution is 2.17. The minimum atomic E-state index is -0.406. The first kappa shape index (κ1) is 10.8. The van der Waals surface area contributed by atoms with Gasteiger partial charge in [-0.15, -0.1) is 0 Å². The number of hydrogen-bond acceptors (Lipinski definition) is 3. The molecule has 0 aliphatic heterocycles.